The van der Waals surface area contributed by atoms with Crippen LogP contribution in [0.2, 0.25) is 0 Å². The SMILES string of the molecule is CN(Cc1ccc2ccccc2n1)c1ccccc1N. The van der Waals surface area contributed by atoms with Gasteiger partial charge in [-0.25, -0.2) is 0 Å². The maximum Gasteiger partial charge on any atom is 0.0706 e. The van der Waals surface area contributed by atoms with Gasteiger partial charge in [-0.3, -0.25) is 4.98 Å². The Kier molecular flexibility index (Phi) is 3.25. The zero-order valence-electron chi connectivity index (χ0n) is 11.5. The van der Waals surface area contributed by atoms with E-state index in [9.17, 15) is 0 Å². The molecule has 3 aromatic rings. The Balaban J connectivity index is 1.87. The Hall–Kier alpha value is -2.55. The third-order valence-corrected chi connectivity index (χ3v) is 3.40. The summed E-state index contributed by atoms with van der Waals surface area (Å²) in [6.07, 6.45) is 0. The number of rotatable bonds is 3. The lowest BCUT2D eigenvalue weighted by molar-refractivity contribution is 0.893. The Morgan fingerprint density at radius 2 is 1.70 bits per heavy atom. The molecule has 1 aromatic heterocycles. The summed E-state index contributed by atoms with van der Waals surface area (Å²) in [4.78, 5) is 6.81. The number of nitrogens with zero attached hydrogens (tertiary/aromatic N) is 2. The van der Waals surface area contributed by atoms with Crippen molar-refractivity contribution in [1.29, 1.82) is 0 Å². The van der Waals surface area contributed by atoms with E-state index >= 15 is 0 Å². The van der Waals surface area contributed by atoms with E-state index in [4.69, 9.17) is 5.73 Å². The fraction of sp³-hybridized carbons (Fsp3) is 0.118. The van der Waals surface area contributed by atoms with Crippen molar-refractivity contribution in [2.45, 2.75) is 6.54 Å². The van der Waals surface area contributed by atoms with Crippen LogP contribution in [0.5, 0.6) is 0 Å². The average Bonchev–Trinajstić information content (AvgIpc) is 2.47. The van der Waals surface area contributed by atoms with Crippen molar-refractivity contribution >= 4 is 22.3 Å². The lowest BCUT2D eigenvalue weighted by atomic mass is 10.2. The molecule has 3 heteroatoms. The van der Waals surface area contributed by atoms with Crippen LogP contribution in [0.1, 0.15) is 5.69 Å². The van der Waals surface area contributed by atoms with Crippen LogP contribution in [-0.2, 0) is 6.54 Å². The van der Waals surface area contributed by atoms with Crippen molar-refractivity contribution in [3.05, 3.63) is 66.4 Å². The third kappa shape index (κ3) is 2.43. The van der Waals surface area contributed by atoms with Gasteiger partial charge in [-0.2, -0.15) is 0 Å². The van der Waals surface area contributed by atoms with E-state index in [-0.39, 0.29) is 0 Å². The summed E-state index contributed by atoms with van der Waals surface area (Å²) in [6, 6.07) is 20.2. The van der Waals surface area contributed by atoms with Crippen LogP contribution in [0, 0.1) is 0 Å². The number of anilines is 2. The number of nitrogens with two attached hydrogens (primary N) is 1. The molecule has 3 nitrogen and oxygen atoms in total. The van der Waals surface area contributed by atoms with Gasteiger partial charge in [-0.05, 0) is 24.3 Å². The van der Waals surface area contributed by atoms with Crippen LogP contribution < -0.4 is 10.6 Å². The number of fused-ring (bicyclic) bond motifs is 1. The molecule has 0 radical (unpaired) electrons. The molecule has 0 aliphatic carbocycles. The monoisotopic (exact) mass is 263 g/mol. The zero-order chi connectivity index (χ0) is 13.9. The second-order valence-electron chi connectivity index (χ2n) is 4.91. The molecule has 0 aliphatic rings. The molecular weight excluding hydrogens is 246 g/mol. The third-order valence-electron chi connectivity index (χ3n) is 3.40. The Bertz CT molecular complexity index is 737. The molecule has 3 rings (SSSR count). The smallest absolute Gasteiger partial charge is 0.0706 e. The first-order valence-corrected chi connectivity index (χ1v) is 6.64. The highest BCUT2D eigenvalue weighted by Crippen LogP contribution is 2.22. The predicted octanol–water partition coefficient (Wildman–Crippen LogP) is 3.45. The van der Waals surface area contributed by atoms with E-state index in [2.05, 4.69) is 28.1 Å². The minimum absolute atomic E-state index is 0.735. The Labute approximate surface area is 118 Å². The van der Waals surface area contributed by atoms with Gasteiger partial charge < -0.3 is 10.6 Å². The Morgan fingerprint density at radius 3 is 2.55 bits per heavy atom. The predicted molar refractivity (Wildman–Crippen MR) is 84.7 cm³/mol. The molecule has 100 valence electrons. The largest absolute Gasteiger partial charge is 0.397 e. The van der Waals surface area contributed by atoms with Crippen molar-refractivity contribution in [2.75, 3.05) is 17.7 Å². The fourth-order valence-corrected chi connectivity index (χ4v) is 2.36. The van der Waals surface area contributed by atoms with Gasteiger partial charge in [0.15, 0.2) is 0 Å². The van der Waals surface area contributed by atoms with Crippen molar-refractivity contribution in [1.82, 2.24) is 4.98 Å². The molecule has 0 fully saturated rings. The van der Waals surface area contributed by atoms with Crippen molar-refractivity contribution < 1.29 is 0 Å². The van der Waals surface area contributed by atoms with E-state index in [1.54, 1.807) is 0 Å². The van der Waals surface area contributed by atoms with Gasteiger partial charge in [-0.1, -0.05) is 36.4 Å². The van der Waals surface area contributed by atoms with Crippen LogP contribution in [0.3, 0.4) is 0 Å². The van der Waals surface area contributed by atoms with Crippen LogP contribution in [0.15, 0.2) is 60.7 Å². The van der Waals surface area contributed by atoms with Crippen molar-refractivity contribution in [3.8, 4) is 0 Å². The van der Waals surface area contributed by atoms with Gasteiger partial charge in [0.25, 0.3) is 0 Å². The summed E-state index contributed by atoms with van der Waals surface area (Å²) in [7, 11) is 2.03. The van der Waals surface area contributed by atoms with E-state index < -0.39 is 0 Å². The van der Waals surface area contributed by atoms with Crippen LogP contribution >= 0.6 is 0 Å². The minimum atomic E-state index is 0.735. The standard InChI is InChI=1S/C17H17N3/c1-20(17-9-5-3-7-15(17)18)12-14-11-10-13-6-2-4-8-16(13)19-14/h2-11H,12,18H2,1H3. The highest BCUT2D eigenvalue weighted by atomic mass is 15.1. The lowest BCUT2D eigenvalue weighted by Gasteiger charge is -2.20. The summed E-state index contributed by atoms with van der Waals surface area (Å²) < 4.78 is 0. The number of hydrogen-bond donors (Lipinski definition) is 1. The molecule has 0 saturated heterocycles. The second kappa shape index (κ2) is 5.21. The molecule has 2 N–H and O–H groups in total. The minimum Gasteiger partial charge on any atom is -0.397 e. The summed E-state index contributed by atoms with van der Waals surface area (Å²) in [5.74, 6) is 0. The van der Waals surface area contributed by atoms with E-state index in [0.717, 1.165) is 34.5 Å². The number of para-hydroxylation sites is 3. The highest BCUT2D eigenvalue weighted by molar-refractivity contribution is 5.78. The fourth-order valence-electron chi connectivity index (χ4n) is 2.36. The maximum atomic E-state index is 6.00. The van der Waals surface area contributed by atoms with Gasteiger partial charge in [0.2, 0.25) is 0 Å². The molecule has 0 unspecified atom stereocenters. The molecule has 1 heterocycles. The highest BCUT2D eigenvalue weighted by Gasteiger charge is 2.06. The molecule has 0 saturated carbocycles. The lowest BCUT2D eigenvalue weighted by Crippen LogP contribution is -2.18. The Morgan fingerprint density at radius 1 is 0.950 bits per heavy atom. The molecule has 0 bridgehead atoms. The van der Waals surface area contributed by atoms with E-state index in [1.807, 2.05) is 49.5 Å². The average molecular weight is 263 g/mol. The van der Waals surface area contributed by atoms with Gasteiger partial charge in [0.1, 0.15) is 0 Å². The van der Waals surface area contributed by atoms with Gasteiger partial charge >= 0.3 is 0 Å². The zero-order valence-corrected chi connectivity index (χ0v) is 11.5. The number of aromatic nitrogens is 1. The van der Waals surface area contributed by atoms with E-state index in [0.29, 0.717) is 0 Å². The molecule has 2 aromatic carbocycles. The summed E-state index contributed by atoms with van der Waals surface area (Å²) >= 11 is 0. The molecule has 0 atom stereocenters. The second-order valence-corrected chi connectivity index (χ2v) is 4.91. The number of benzene rings is 2. The first kappa shape index (κ1) is 12.5. The van der Waals surface area contributed by atoms with E-state index in [1.165, 1.54) is 0 Å². The molecule has 20 heavy (non-hydrogen) atoms. The summed E-state index contributed by atoms with van der Waals surface area (Å²) in [6.45, 7) is 0.735. The number of nitrogen functional groups attached to an aromatic ring is 1. The topological polar surface area (TPSA) is 42.2 Å². The first-order valence-electron chi connectivity index (χ1n) is 6.64. The van der Waals surface area contributed by atoms with Crippen molar-refractivity contribution in [3.63, 3.8) is 0 Å². The maximum absolute atomic E-state index is 6.00. The molecule has 0 spiro atoms. The van der Waals surface area contributed by atoms with Gasteiger partial charge in [0, 0.05) is 12.4 Å². The van der Waals surface area contributed by atoms with Crippen LogP contribution in [0.25, 0.3) is 10.9 Å². The van der Waals surface area contributed by atoms with Crippen LogP contribution in [0.4, 0.5) is 11.4 Å². The van der Waals surface area contributed by atoms with Gasteiger partial charge in [0.05, 0.1) is 29.1 Å². The van der Waals surface area contributed by atoms with Gasteiger partial charge in [-0.15, -0.1) is 0 Å². The normalized spacial score (nSPS) is 10.7. The summed E-state index contributed by atoms with van der Waals surface area (Å²) in [5.41, 5.74) is 9.89. The quantitative estimate of drug-likeness (QED) is 0.736. The van der Waals surface area contributed by atoms with Crippen molar-refractivity contribution in [2.24, 2.45) is 0 Å². The molecule has 0 amide bonds. The first-order chi connectivity index (χ1) is 9.74. The number of hydrogen-bond acceptors (Lipinski definition) is 3. The number of pyridine rings is 1. The summed E-state index contributed by atoms with van der Waals surface area (Å²) in [5, 5.41) is 1.16. The molecule has 0 aliphatic heterocycles. The molecular formula is C17H17N3. The van der Waals surface area contributed by atoms with Crippen LogP contribution in [-0.4, -0.2) is 12.0 Å².